The Morgan fingerprint density at radius 3 is 2.52 bits per heavy atom. The Bertz CT molecular complexity index is 1130. The van der Waals surface area contributed by atoms with Crippen molar-refractivity contribution in [2.24, 2.45) is 0 Å². The summed E-state index contributed by atoms with van der Waals surface area (Å²) in [5.74, 6) is 0.661. The Labute approximate surface area is 144 Å². The number of anilines is 1. The number of oxazole rings is 1. The van der Waals surface area contributed by atoms with Gasteiger partial charge in [-0.05, 0) is 50.1 Å². The van der Waals surface area contributed by atoms with E-state index in [0.717, 1.165) is 27.7 Å². The minimum atomic E-state index is -0.271. The van der Waals surface area contributed by atoms with Crippen molar-refractivity contribution in [1.29, 1.82) is 0 Å². The topological polar surface area (TPSA) is 68.3 Å². The molecule has 0 atom stereocenters. The lowest BCUT2D eigenvalue weighted by molar-refractivity contribution is 0.0998. The van der Waals surface area contributed by atoms with Crippen molar-refractivity contribution in [3.05, 3.63) is 58.7 Å². The lowest BCUT2D eigenvalue weighted by Crippen LogP contribution is -2.12. The molecule has 0 unspecified atom stereocenters. The third-order valence-corrected chi connectivity index (χ3v) is 4.44. The number of nitrogens with zero attached hydrogens (tertiary/aromatic N) is 1. The number of furan rings is 1. The zero-order valence-electron chi connectivity index (χ0n) is 14.6. The molecule has 0 aliphatic heterocycles. The van der Waals surface area contributed by atoms with Gasteiger partial charge in [0.1, 0.15) is 11.1 Å². The minimum absolute atomic E-state index is 0.271. The summed E-state index contributed by atoms with van der Waals surface area (Å²) in [5.41, 5.74) is 5.80. The van der Waals surface area contributed by atoms with E-state index in [0.29, 0.717) is 28.4 Å². The van der Waals surface area contributed by atoms with Gasteiger partial charge in [-0.2, -0.15) is 0 Å². The van der Waals surface area contributed by atoms with Gasteiger partial charge >= 0.3 is 0 Å². The molecule has 0 radical (unpaired) electrons. The van der Waals surface area contributed by atoms with Crippen LogP contribution in [0.1, 0.15) is 33.1 Å². The number of rotatable bonds is 2. The monoisotopic (exact) mass is 334 g/mol. The number of fused-ring (bicyclic) bond motifs is 2. The molecule has 2 aromatic heterocycles. The van der Waals surface area contributed by atoms with Crippen molar-refractivity contribution in [3.8, 4) is 0 Å². The summed E-state index contributed by atoms with van der Waals surface area (Å²) in [4.78, 5) is 17.0. The normalized spacial score (nSPS) is 11.4. The van der Waals surface area contributed by atoms with Crippen LogP contribution in [0.15, 0.2) is 39.2 Å². The maximum absolute atomic E-state index is 12.7. The summed E-state index contributed by atoms with van der Waals surface area (Å²) in [6, 6.07) is 9.42. The summed E-state index contributed by atoms with van der Waals surface area (Å²) >= 11 is 0. The highest BCUT2D eigenvalue weighted by atomic mass is 16.4. The van der Waals surface area contributed by atoms with Crippen LogP contribution in [0, 0.1) is 27.7 Å². The van der Waals surface area contributed by atoms with E-state index in [9.17, 15) is 4.79 Å². The Kier molecular flexibility index (Phi) is 3.39. The first kappa shape index (κ1) is 15.4. The van der Waals surface area contributed by atoms with Crippen molar-refractivity contribution in [1.82, 2.24) is 4.98 Å². The van der Waals surface area contributed by atoms with Crippen molar-refractivity contribution in [2.75, 3.05) is 5.32 Å². The molecule has 0 aliphatic carbocycles. The number of carbonyl (C=O) groups is 1. The number of hydrogen-bond acceptors (Lipinski definition) is 4. The van der Waals surface area contributed by atoms with Crippen LogP contribution in [0.2, 0.25) is 0 Å². The van der Waals surface area contributed by atoms with Gasteiger partial charge in [-0.3, -0.25) is 4.79 Å². The van der Waals surface area contributed by atoms with E-state index in [-0.39, 0.29) is 5.91 Å². The van der Waals surface area contributed by atoms with Gasteiger partial charge in [0.15, 0.2) is 17.2 Å². The van der Waals surface area contributed by atoms with Crippen LogP contribution < -0.4 is 5.32 Å². The van der Waals surface area contributed by atoms with Gasteiger partial charge in [-0.25, -0.2) is 4.98 Å². The highest BCUT2D eigenvalue weighted by Gasteiger charge is 2.20. The first-order valence-electron chi connectivity index (χ1n) is 8.12. The quantitative estimate of drug-likeness (QED) is 0.556. The number of aromatic nitrogens is 1. The summed E-state index contributed by atoms with van der Waals surface area (Å²) in [6.45, 7) is 7.71. The zero-order chi connectivity index (χ0) is 17.7. The van der Waals surface area contributed by atoms with Gasteiger partial charge in [0.05, 0.1) is 0 Å². The van der Waals surface area contributed by atoms with E-state index < -0.39 is 0 Å². The van der Waals surface area contributed by atoms with Crippen LogP contribution >= 0.6 is 0 Å². The van der Waals surface area contributed by atoms with Crippen molar-refractivity contribution in [2.45, 2.75) is 27.7 Å². The number of hydrogen-bond donors (Lipinski definition) is 1. The fourth-order valence-electron chi connectivity index (χ4n) is 3.20. The van der Waals surface area contributed by atoms with Crippen LogP contribution in [0.25, 0.3) is 22.1 Å². The van der Waals surface area contributed by atoms with Crippen LogP contribution in [0.3, 0.4) is 0 Å². The maximum atomic E-state index is 12.7. The molecule has 0 bridgehead atoms. The van der Waals surface area contributed by atoms with Gasteiger partial charge in [0.25, 0.3) is 5.91 Å². The van der Waals surface area contributed by atoms with Crippen LogP contribution in [-0.4, -0.2) is 10.9 Å². The number of aryl methyl sites for hydroxylation is 4. The SMILES string of the molecule is Cc1nc2cc(NC(=O)c3oc4c(C)ccc(C)c4c3C)ccc2o1. The van der Waals surface area contributed by atoms with E-state index in [1.165, 1.54) is 0 Å². The first-order valence-corrected chi connectivity index (χ1v) is 8.12. The van der Waals surface area contributed by atoms with Crippen molar-refractivity contribution in [3.63, 3.8) is 0 Å². The van der Waals surface area contributed by atoms with E-state index in [4.69, 9.17) is 8.83 Å². The van der Waals surface area contributed by atoms with Crippen molar-refractivity contribution < 1.29 is 13.6 Å². The largest absolute Gasteiger partial charge is 0.450 e. The molecule has 2 aromatic carbocycles. The summed E-state index contributed by atoms with van der Waals surface area (Å²) in [6.07, 6.45) is 0. The molecule has 0 spiro atoms. The third-order valence-electron chi connectivity index (χ3n) is 4.44. The molecule has 0 aliphatic rings. The van der Waals surface area contributed by atoms with Crippen LogP contribution in [-0.2, 0) is 0 Å². The molecule has 5 nitrogen and oxygen atoms in total. The molecule has 5 heteroatoms. The predicted molar refractivity (Wildman–Crippen MR) is 97.1 cm³/mol. The molecule has 1 amide bonds. The summed E-state index contributed by atoms with van der Waals surface area (Å²) in [7, 11) is 0. The Balaban J connectivity index is 1.73. The second-order valence-corrected chi connectivity index (χ2v) is 6.33. The number of carbonyl (C=O) groups excluding carboxylic acids is 1. The molecule has 25 heavy (non-hydrogen) atoms. The van der Waals surface area contributed by atoms with Gasteiger partial charge < -0.3 is 14.2 Å². The zero-order valence-corrected chi connectivity index (χ0v) is 14.6. The molecule has 4 aromatic rings. The summed E-state index contributed by atoms with van der Waals surface area (Å²) in [5, 5.41) is 3.89. The highest BCUT2D eigenvalue weighted by molar-refractivity contribution is 6.07. The lowest BCUT2D eigenvalue weighted by atomic mass is 10.0. The number of benzene rings is 2. The van der Waals surface area contributed by atoms with Crippen LogP contribution in [0.4, 0.5) is 5.69 Å². The Morgan fingerprint density at radius 1 is 1.00 bits per heavy atom. The number of amides is 1. The van der Waals surface area contributed by atoms with Gasteiger partial charge in [-0.15, -0.1) is 0 Å². The average Bonchev–Trinajstić information content (AvgIpc) is 3.11. The third kappa shape index (κ3) is 2.48. The fourth-order valence-corrected chi connectivity index (χ4v) is 3.20. The standard InChI is InChI=1S/C20H18N2O3/c1-10-5-6-11(2)18-17(10)12(3)19(25-18)20(23)22-14-7-8-16-15(9-14)21-13(4)24-16/h5-9H,1-4H3,(H,22,23). The molecule has 4 rings (SSSR count). The maximum Gasteiger partial charge on any atom is 0.291 e. The van der Waals surface area contributed by atoms with Crippen LogP contribution in [0.5, 0.6) is 0 Å². The number of nitrogens with one attached hydrogen (secondary N) is 1. The van der Waals surface area contributed by atoms with Gasteiger partial charge in [0, 0.05) is 23.6 Å². The predicted octanol–water partition coefficient (Wildman–Crippen LogP) is 5.06. The van der Waals surface area contributed by atoms with E-state index >= 15 is 0 Å². The van der Waals surface area contributed by atoms with Crippen molar-refractivity contribution >= 4 is 33.7 Å². The minimum Gasteiger partial charge on any atom is -0.450 e. The van der Waals surface area contributed by atoms with Gasteiger partial charge in [0.2, 0.25) is 0 Å². The average molecular weight is 334 g/mol. The Morgan fingerprint density at radius 2 is 1.76 bits per heavy atom. The van der Waals surface area contributed by atoms with E-state index in [1.807, 2.05) is 32.9 Å². The fraction of sp³-hybridized carbons (Fsp3) is 0.200. The lowest BCUT2D eigenvalue weighted by Gasteiger charge is -2.03. The highest BCUT2D eigenvalue weighted by Crippen LogP contribution is 2.31. The molecule has 0 saturated carbocycles. The smallest absolute Gasteiger partial charge is 0.291 e. The van der Waals surface area contributed by atoms with Gasteiger partial charge in [-0.1, -0.05) is 12.1 Å². The molecule has 0 fully saturated rings. The van der Waals surface area contributed by atoms with E-state index in [1.54, 1.807) is 25.1 Å². The first-order chi connectivity index (χ1) is 11.9. The molecule has 0 saturated heterocycles. The molecular formula is C20H18N2O3. The molecule has 1 N–H and O–H groups in total. The molecule has 2 heterocycles. The molecule has 126 valence electrons. The molecular weight excluding hydrogens is 316 g/mol. The van der Waals surface area contributed by atoms with E-state index in [2.05, 4.69) is 10.3 Å². The Hall–Kier alpha value is -3.08. The summed E-state index contributed by atoms with van der Waals surface area (Å²) < 4.78 is 11.3. The second kappa shape index (κ2) is 5.48. The second-order valence-electron chi connectivity index (χ2n) is 6.33.